The second kappa shape index (κ2) is 5.30. The fourth-order valence-corrected chi connectivity index (χ4v) is 2.83. The molecule has 0 fully saturated rings. The maximum Gasteiger partial charge on any atom is 0.176 e. The van der Waals surface area contributed by atoms with Gasteiger partial charge in [0.1, 0.15) is 0 Å². The minimum atomic E-state index is -0.0206. The van der Waals surface area contributed by atoms with E-state index < -0.39 is 0 Å². The van der Waals surface area contributed by atoms with Crippen LogP contribution in [0.15, 0.2) is 0 Å². The standard InChI is InChI=1S/C11H19N7S/c1-11(2,3)10-9(19-17-14-10)7(12-4)6-8-13-16-18(5)15-8/h7,12H,6H2,1-5H3. The van der Waals surface area contributed by atoms with Crippen LogP contribution in [0.4, 0.5) is 0 Å². The molecule has 7 nitrogen and oxygen atoms in total. The summed E-state index contributed by atoms with van der Waals surface area (Å²) >= 11 is 1.43. The summed E-state index contributed by atoms with van der Waals surface area (Å²) in [4.78, 5) is 2.61. The SMILES string of the molecule is CNC(Cc1nnn(C)n1)c1snnc1C(C)(C)C. The summed E-state index contributed by atoms with van der Waals surface area (Å²) < 4.78 is 4.09. The molecule has 1 N–H and O–H groups in total. The van der Waals surface area contributed by atoms with Gasteiger partial charge in [-0.3, -0.25) is 0 Å². The molecule has 2 heterocycles. The van der Waals surface area contributed by atoms with Gasteiger partial charge in [-0.1, -0.05) is 25.3 Å². The number of aromatic nitrogens is 6. The highest BCUT2D eigenvalue weighted by molar-refractivity contribution is 7.05. The lowest BCUT2D eigenvalue weighted by Gasteiger charge is -2.20. The van der Waals surface area contributed by atoms with Gasteiger partial charge >= 0.3 is 0 Å². The first-order valence-electron chi connectivity index (χ1n) is 6.14. The van der Waals surface area contributed by atoms with Crippen LogP contribution < -0.4 is 5.32 Å². The first-order valence-corrected chi connectivity index (χ1v) is 6.92. The smallest absolute Gasteiger partial charge is 0.176 e. The summed E-state index contributed by atoms with van der Waals surface area (Å²) in [6.45, 7) is 6.42. The summed E-state index contributed by atoms with van der Waals surface area (Å²) in [5.41, 5.74) is 1.01. The lowest BCUT2D eigenvalue weighted by atomic mass is 9.89. The fraction of sp³-hybridized carbons (Fsp3) is 0.727. The van der Waals surface area contributed by atoms with Crippen LogP contribution in [0.3, 0.4) is 0 Å². The Hall–Kier alpha value is -1.41. The second-order valence-corrected chi connectivity index (χ2v) is 6.26. The summed E-state index contributed by atoms with van der Waals surface area (Å²) in [5, 5.41) is 19.7. The quantitative estimate of drug-likeness (QED) is 0.895. The third kappa shape index (κ3) is 3.13. The largest absolute Gasteiger partial charge is 0.312 e. The van der Waals surface area contributed by atoms with Crippen LogP contribution in [-0.2, 0) is 18.9 Å². The molecule has 8 heteroatoms. The van der Waals surface area contributed by atoms with Gasteiger partial charge < -0.3 is 5.32 Å². The van der Waals surface area contributed by atoms with Crippen LogP contribution in [0.1, 0.15) is 43.2 Å². The van der Waals surface area contributed by atoms with Crippen LogP contribution in [0.25, 0.3) is 0 Å². The number of rotatable bonds is 4. The van der Waals surface area contributed by atoms with Crippen molar-refractivity contribution in [2.45, 2.75) is 38.6 Å². The lowest BCUT2D eigenvalue weighted by Crippen LogP contribution is -2.23. The molecule has 0 aliphatic heterocycles. The Labute approximate surface area is 116 Å². The monoisotopic (exact) mass is 281 g/mol. The predicted molar refractivity (Wildman–Crippen MR) is 72.9 cm³/mol. The summed E-state index contributed by atoms with van der Waals surface area (Å²) in [6.07, 6.45) is 0.678. The van der Waals surface area contributed by atoms with Crippen molar-refractivity contribution >= 4 is 11.5 Å². The van der Waals surface area contributed by atoms with Crippen LogP contribution in [-0.4, -0.2) is 36.8 Å². The second-order valence-electron chi connectivity index (χ2n) is 5.48. The molecule has 0 aliphatic carbocycles. The molecule has 0 aliphatic rings. The molecule has 19 heavy (non-hydrogen) atoms. The maximum absolute atomic E-state index is 4.27. The van der Waals surface area contributed by atoms with E-state index in [1.165, 1.54) is 16.3 Å². The van der Waals surface area contributed by atoms with Gasteiger partial charge in [-0.25, -0.2) is 0 Å². The van der Waals surface area contributed by atoms with Crippen molar-refractivity contribution in [3.05, 3.63) is 16.4 Å². The van der Waals surface area contributed by atoms with Gasteiger partial charge in [-0.15, -0.1) is 15.3 Å². The van der Waals surface area contributed by atoms with Gasteiger partial charge in [0.15, 0.2) is 5.82 Å². The first kappa shape index (κ1) is 14.0. The van der Waals surface area contributed by atoms with Gasteiger partial charge in [-0.05, 0) is 23.8 Å². The average Bonchev–Trinajstić information content (AvgIpc) is 2.93. The zero-order valence-corrected chi connectivity index (χ0v) is 12.7. The topological polar surface area (TPSA) is 81.4 Å². The fourth-order valence-electron chi connectivity index (χ4n) is 1.86. The summed E-state index contributed by atoms with van der Waals surface area (Å²) in [6, 6.07) is 0.110. The van der Waals surface area contributed by atoms with Gasteiger partial charge in [0.25, 0.3) is 0 Å². The van der Waals surface area contributed by atoms with E-state index in [-0.39, 0.29) is 11.5 Å². The Balaban J connectivity index is 2.25. The number of nitrogens with zero attached hydrogens (tertiary/aromatic N) is 6. The highest BCUT2D eigenvalue weighted by Crippen LogP contribution is 2.31. The molecule has 0 radical (unpaired) electrons. The molecule has 0 amide bonds. The van der Waals surface area contributed by atoms with E-state index in [1.54, 1.807) is 7.05 Å². The number of likely N-dealkylation sites (N-methyl/N-ethyl adjacent to an activating group) is 1. The zero-order chi connectivity index (χ0) is 14.0. The minimum Gasteiger partial charge on any atom is -0.312 e. The highest BCUT2D eigenvalue weighted by Gasteiger charge is 2.27. The number of hydrogen-bond donors (Lipinski definition) is 1. The number of nitrogens with one attached hydrogen (secondary N) is 1. The molecule has 2 rings (SSSR count). The molecule has 1 atom stereocenters. The number of tetrazole rings is 1. The van der Waals surface area contributed by atoms with E-state index in [1.807, 2.05) is 7.05 Å². The van der Waals surface area contributed by atoms with E-state index in [0.717, 1.165) is 16.4 Å². The van der Waals surface area contributed by atoms with Crippen molar-refractivity contribution in [1.82, 2.24) is 35.1 Å². The van der Waals surface area contributed by atoms with Crippen molar-refractivity contribution < 1.29 is 0 Å². The lowest BCUT2D eigenvalue weighted by molar-refractivity contribution is 0.524. The maximum atomic E-state index is 4.27. The van der Waals surface area contributed by atoms with Gasteiger partial charge in [-0.2, -0.15) is 4.80 Å². The van der Waals surface area contributed by atoms with Gasteiger partial charge in [0, 0.05) is 11.8 Å². The molecule has 0 saturated heterocycles. The average molecular weight is 281 g/mol. The predicted octanol–water partition coefficient (Wildman–Crippen LogP) is 0.862. The Morgan fingerprint density at radius 3 is 2.58 bits per heavy atom. The molecular formula is C11H19N7S. The third-order valence-corrected chi connectivity index (χ3v) is 3.66. The minimum absolute atomic E-state index is 0.0206. The van der Waals surface area contributed by atoms with E-state index in [0.29, 0.717) is 6.42 Å². The Bertz CT molecular complexity index is 539. The molecule has 2 aromatic heterocycles. The molecule has 1 unspecified atom stereocenters. The van der Waals surface area contributed by atoms with Crippen LogP contribution in [0.5, 0.6) is 0 Å². The number of hydrogen-bond acceptors (Lipinski definition) is 7. The van der Waals surface area contributed by atoms with E-state index in [2.05, 4.69) is 51.1 Å². The van der Waals surface area contributed by atoms with E-state index in [9.17, 15) is 0 Å². The van der Waals surface area contributed by atoms with Crippen molar-refractivity contribution in [3.63, 3.8) is 0 Å². The molecular weight excluding hydrogens is 262 g/mol. The molecule has 0 spiro atoms. The van der Waals surface area contributed by atoms with Gasteiger partial charge in [0.2, 0.25) is 0 Å². The molecule has 104 valence electrons. The molecule has 0 bridgehead atoms. The molecule has 0 aromatic carbocycles. The van der Waals surface area contributed by atoms with E-state index >= 15 is 0 Å². The van der Waals surface area contributed by atoms with Crippen LogP contribution in [0.2, 0.25) is 0 Å². The molecule has 0 saturated carbocycles. The van der Waals surface area contributed by atoms with Crippen molar-refractivity contribution in [2.75, 3.05) is 7.05 Å². The normalized spacial score (nSPS) is 13.7. The van der Waals surface area contributed by atoms with Crippen molar-refractivity contribution in [3.8, 4) is 0 Å². The highest BCUT2D eigenvalue weighted by atomic mass is 32.1. The Morgan fingerprint density at radius 2 is 2.05 bits per heavy atom. The third-order valence-electron chi connectivity index (χ3n) is 2.83. The Morgan fingerprint density at radius 1 is 1.32 bits per heavy atom. The van der Waals surface area contributed by atoms with Crippen LogP contribution >= 0.6 is 11.5 Å². The summed E-state index contributed by atoms with van der Waals surface area (Å²) in [7, 11) is 3.69. The van der Waals surface area contributed by atoms with Crippen molar-refractivity contribution in [1.29, 1.82) is 0 Å². The zero-order valence-electron chi connectivity index (χ0n) is 11.9. The molecule has 2 aromatic rings. The van der Waals surface area contributed by atoms with Crippen LogP contribution in [0, 0.1) is 0 Å². The number of aryl methyl sites for hydroxylation is 1. The van der Waals surface area contributed by atoms with Gasteiger partial charge in [0.05, 0.1) is 23.7 Å². The summed E-state index contributed by atoms with van der Waals surface area (Å²) in [5.74, 6) is 0.718. The first-order chi connectivity index (χ1) is 8.91. The van der Waals surface area contributed by atoms with Crippen molar-refractivity contribution in [2.24, 2.45) is 7.05 Å². The van der Waals surface area contributed by atoms with E-state index in [4.69, 9.17) is 0 Å². The Kier molecular flexibility index (Phi) is 3.91.